The smallest absolute Gasteiger partial charge is 0.240 e. The standard InChI is InChI=1S/C13H18FN3O3S/c1-8-6-10(7-11(15)12(8)14)21(19,20)17-5-4-16-13(18)9-2-3-9/h6-7,9,17H,2-5,15H2,1H3,(H,16,18). The van der Waals surface area contributed by atoms with Crippen LogP contribution in [0.15, 0.2) is 17.0 Å². The Morgan fingerprint density at radius 1 is 1.38 bits per heavy atom. The van der Waals surface area contributed by atoms with Gasteiger partial charge in [0, 0.05) is 19.0 Å². The van der Waals surface area contributed by atoms with Crippen molar-refractivity contribution >= 4 is 21.6 Å². The van der Waals surface area contributed by atoms with E-state index >= 15 is 0 Å². The molecule has 21 heavy (non-hydrogen) atoms. The number of benzene rings is 1. The van der Waals surface area contributed by atoms with Crippen LogP contribution in [-0.2, 0) is 14.8 Å². The summed E-state index contributed by atoms with van der Waals surface area (Å²) in [6, 6.07) is 2.30. The normalized spacial score (nSPS) is 15.0. The van der Waals surface area contributed by atoms with E-state index in [0.717, 1.165) is 18.9 Å². The zero-order valence-corrected chi connectivity index (χ0v) is 12.5. The number of hydrogen-bond acceptors (Lipinski definition) is 4. The molecule has 0 aliphatic heterocycles. The predicted octanol–water partition coefficient (Wildman–Crippen LogP) is 0.521. The molecule has 1 aliphatic rings. The first-order valence-corrected chi connectivity index (χ1v) is 8.12. The number of nitrogens with two attached hydrogens (primary N) is 1. The van der Waals surface area contributed by atoms with E-state index in [-0.39, 0.29) is 41.1 Å². The van der Waals surface area contributed by atoms with Crippen molar-refractivity contribution in [2.24, 2.45) is 5.92 Å². The van der Waals surface area contributed by atoms with Gasteiger partial charge >= 0.3 is 0 Å². The minimum absolute atomic E-state index is 0.0453. The Morgan fingerprint density at radius 3 is 2.62 bits per heavy atom. The van der Waals surface area contributed by atoms with Gasteiger partial charge in [-0.2, -0.15) is 0 Å². The fraction of sp³-hybridized carbons (Fsp3) is 0.462. The Morgan fingerprint density at radius 2 is 2.05 bits per heavy atom. The van der Waals surface area contributed by atoms with Crippen molar-refractivity contribution in [3.8, 4) is 0 Å². The van der Waals surface area contributed by atoms with Gasteiger partial charge < -0.3 is 11.1 Å². The largest absolute Gasteiger partial charge is 0.396 e. The molecule has 0 bridgehead atoms. The lowest BCUT2D eigenvalue weighted by Crippen LogP contribution is -2.35. The summed E-state index contributed by atoms with van der Waals surface area (Å²) in [5.74, 6) is -0.581. The molecule has 1 aromatic rings. The summed E-state index contributed by atoms with van der Waals surface area (Å²) in [5.41, 5.74) is 5.38. The molecule has 0 spiro atoms. The molecule has 8 heteroatoms. The van der Waals surface area contributed by atoms with Crippen LogP contribution in [0.5, 0.6) is 0 Å². The second kappa shape index (κ2) is 5.98. The van der Waals surface area contributed by atoms with Gasteiger partial charge in [-0.1, -0.05) is 0 Å². The van der Waals surface area contributed by atoms with Crippen LogP contribution in [-0.4, -0.2) is 27.4 Å². The van der Waals surface area contributed by atoms with Gasteiger partial charge in [0.25, 0.3) is 0 Å². The molecule has 0 atom stereocenters. The van der Waals surface area contributed by atoms with Crippen molar-refractivity contribution in [2.45, 2.75) is 24.7 Å². The average molecular weight is 315 g/mol. The van der Waals surface area contributed by atoms with Gasteiger partial charge in [0.15, 0.2) is 0 Å². The Balaban J connectivity index is 1.93. The molecule has 1 saturated carbocycles. The van der Waals surface area contributed by atoms with Gasteiger partial charge in [0.2, 0.25) is 15.9 Å². The van der Waals surface area contributed by atoms with Crippen LogP contribution in [0.3, 0.4) is 0 Å². The molecule has 6 nitrogen and oxygen atoms in total. The molecular formula is C13H18FN3O3S. The first-order chi connectivity index (χ1) is 9.81. The van der Waals surface area contributed by atoms with Crippen molar-refractivity contribution in [1.29, 1.82) is 0 Å². The van der Waals surface area contributed by atoms with Crippen LogP contribution in [0.1, 0.15) is 18.4 Å². The number of halogens is 1. The van der Waals surface area contributed by atoms with Gasteiger partial charge in [-0.15, -0.1) is 0 Å². The van der Waals surface area contributed by atoms with Gasteiger partial charge in [-0.3, -0.25) is 4.79 Å². The first kappa shape index (κ1) is 15.7. The van der Waals surface area contributed by atoms with Gasteiger partial charge in [0.1, 0.15) is 5.82 Å². The molecule has 4 N–H and O–H groups in total. The summed E-state index contributed by atoms with van der Waals surface area (Å²) in [4.78, 5) is 11.3. The number of sulfonamides is 1. The highest BCUT2D eigenvalue weighted by atomic mass is 32.2. The van der Waals surface area contributed by atoms with Gasteiger partial charge in [0.05, 0.1) is 10.6 Å². The van der Waals surface area contributed by atoms with Crippen molar-refractivity contribution < 1.29 is 17.6 Å². The number of hydrogen-bond donors (Lipinski definition) is 3. The van der Waals surface area contributed by atoms with Crippen LogP contribution in [0.25, 0.3) is 0 Å². The molecule has 0 radical (unpaired) electrons. The second-order valence-electron chi connectivity index (χ2n) is 5.11. The number of aryl methyl sites for hydroxylation is 1. The summed E-state index contributed by atoms with van der Waals surface area (Å²) in [7, 11) is -3.77. The maximum atomic E-state index is 13.4. The van der Waals surface area contributed by atoms with Crippen molar-refractivity contribution in [2.75, 3.05) is 18.8 Å². The summed E-state index contributed by atoms with van der Waals surface area (Å²) in [6.45, 7) is 1.72. The number of rotatable bonds is 6. The Labute approximate surface area is 123 Å². The fourth-order valence-electron chi connectivity index (χ4n) is 1.86. The number of nitrogen functional groups attached to an aromatic ring is 1. The summed E-state index contributed by atoms with van der Waals surface area (Å²) < 4.78 is 39.8. The summed E-state index contributed by atoms with van der Waals surface area (Å²) in [6.07, 6.45) is 1.79. The molecule has 0 aromatic heterocycles. The molecule has 116 valence electrons. The molecule has 0 saturated heterocycles. The summed E-state index contributed by atoms with van der Waals surface area (Å²) >= 11 is 0. The number of carbonyl (C=O) groups is 1. The van der Waals surface area contributed by atoms with Crippen LogP contribution in [0, 0.1) is 18.7 Å². The lowest BCUT2D eigenvalue weighted by molar-refractivity contribution is -0.122. The van der Waals surface area contributed by atoms with Crippen molar-refractivity contribution in [3.05, 3.63) is 23.5 Å². The zero-order valence-electron chi connectivity index (χ0n) is 11.6. The van der Waals surface area contributed by atoms with Crippen molar-refractivity contribution in [3.63, 3.8) is 0 Å². The first-order valence-electron chi connectivity index (χ1n) is 6.64. The van der Waals surface area contributed by atoms with Crippen LogP contribution in [0.4, 0.5) is 10.1 Å². The monoisotopic (exact) mass is 315 g/mol. The third-order valence-electron chi connectivity index (χ3n) is 3.23. The number of anilines is 1. The van der Waals surface area contributed by atoms with E-state index in [2.05, 4.69) is 10.0 Å². The highest BCUT2D eigenvalue weighted by molar-refractivity contribution is 7.89. The number of nitrogens with one attached hydrogen (secondary N) is 2. The lowest BCUT2D eigenvalue weighted by Gasteiger charge is -2.10. The van der Waals surface area contributed by atoms with Crippen molar-refractivity contribution in [1.82, 2.24) is 10.0 Å². The minimum Gasteiger partial charge on any atom is -0.396 e. The Hall–Kier alpha value is -1.67. The van der Waals surface area contributed by atoms with E-state index in [1.807, 2.05) is 0 Å². The molecule has 1 fully saturated rings. The SMILES string of the molecule is Cc1cc(S(=O)(=O)NCCNC(=O)C2CC2)cc(N)c1F. The van der Waals surface area contributed by atoms with E-state index < -0.39 is 15.8 Å². The van der Waals surface area contributed by atoms with E-state index in [1.54, 1.807) is 0 Å². The second-order valence-corrected chi connectivity index (χ2v) is 6.87. The number of carbonyl (C=O) groups excluding carboxylic acids is 1. The minimum atomic E-state index is -3.77. The molecule has 2 rings (SSSR count). The van der Waals surface area contributed by atoms with Gasteiger partial charge in [-0.05, 0) is 37.5 Å². The predicted molar refractivity (Wildman–Crippen MR) is 76.5 cm³/mol. The fourth-order valence-corrected chi connectivity index (χ4v) is 3.01. The topological polar surface area (TPSA) is 101 Å². The van der Waals surface area contributed by atoms with E-state index in [0.29, 0.717) is 0 Å². The molecular weight excluding hydrogens is 297 g/mol. The Kier molecular flexibility index (Phi) is 4.48. The van der Waals surface area contributed by atoms with E-state index in [9.17, 15) is 17.6 Å². The number of amides is 1. The highest BCUT2D eigenvalue weighted by Gasteiger charge is 2.29. The van der Waals surface area contributed by atoms with Crippen LogP contribution >= 0.6 is 0 Å². The summed E-state index contributed by atoms with van der Waals surface area (Å²) in [5, 5.41) is 2.65. The Bertz CT molecular complexity index is 634. The zero-order chi connectivity index (χ0) is 15.6. The molecule has 1 aliphatic carbocycles. The maximum Gasteiger partial charge on any atom is 0.240 e. The van der Waals surface area contributed by atoms with Crippen LogP contribution < -0.4 is 15.8 Å². The molecule has 0 heterocycles. The van der Waals surface area contributed by atoms with Crippen LogP contribution in [0.2, 0.25) is 0 Å². The third-order valence-corrected chi connectivity index (χ3v) is 4.67. The van der Waals surface area contributed by atoms with E-state index in [1.165, 1.54) is 13.0 Å². The van der Waals surface area contributed by atoms with E-state index in [4.69, 9.17) is 5.73 Å². The highest BCUT2D eigenvalue weighted by Crippen LogP contribution is 2.28. The average Bonchev–Trinajstić information content (AvgIpc) is 3.24. The lowest BCUT2D eigenvalue weighted by atomic mass is 10.2. The maximum absolute atomic E-state index is 13.4. The molecule has 1 aromatic carbocycles. The van der Waals surface area contributed by atoms with Gasteiger partial charge in [-0.25, -0.2) is 17.5 Å². The quantitative estimate of drug-likeness (QED) is 0.526. The molecule has 0 unspecified atom stereocenters. The molecule has 1 amide bonds. The third kappa shape index (κ3) is 3.92.